The molecular weight excluding hydrogens is 156 g/mol. The molecule has 1 heterocycles. The summed E-state index contributed by atoms with van der Waals surface area (Å²) in [6.07, 6.45) is 3.28. The summed E-state index contributed by atoms with van der Waals surface area (Å²) in [6, 6.07) is 0. The van der Waals surface area contributed by atoms with E-state index in [1.165, 1.54) is 0 Å². The van der Waals surface area contributed by atoms with Crippen molar-refractivity contribution in [3.8, 4) is 0 Å². The molecule has 12 heavy (non-hydrogen) atoms. The Morgan fingerprint density at radius 1 is 1.75 bits per heavy atom. The van der Waals surface area contributed by atoms with Crippen LogP contribution in [0.2, 0.25) is 0 Å². The van der Waals surface area contributed by atoms with Crippen LogP contribution in [-0.2, 0) is 4.79 Å². The maximum atomic E-state index is 10.6. The number of aromatic amines is 1. The first-order valence-electron chi connectivity index (χ1n) is 3.93. The maximum Gasteiger partial charge on any atom is 0.307 e. The molecule has 1 aliphatic carbocycles. The summed E-state index contributed by atoms with van der Waals surface area (Å²) in [5, 5.41) is 8.76. The minimum Gasteiger partial charge on any atom is -0.481 e. The summed E-state index contributed by atoms with van der Waals surface area (Å²) in [7, 11) is 0. The quantitative estimate of drug-likeness (QED) is 0.684. The van der Waals surface area contributed by atoms with Crippen LogP contribution >= 0.6 is 0 Å². The smallest absolute Gasteiger partial charge is 0.307 e. The van der Waals surface area contributed by atoms with E-state index in [-0.39, 0.29) is 17.8 Å². The van der Waals surface area contributed by atoms with E-state index in [2.05, 4.69) is 9.97 Å². The second-order valence-electron chi connectivity index (χ2n) is 3.26. The Hall–Kier alpha value is -1.32. The number of imidazole rings is 1. The Kier molecular flexibility index (Phi) is 1.43. The van der Waals surface area contributed by atoms with Crippen LogP contribution in [0, 0.1) is 11.8 Å². The third-order valence-electron chi connectivity index (χ3n) is 2.54. The first-order chi connectivity index (χ1) is 5.72. The van der Waals surface area contributed by atoms with Gasteiger partial charge in [0.1, 0.15) is 0 Å². The predicted octanol–water partition coefficient (Wildman–Crippen LogP) is 0.844. The summed E-state index contributed by atoms with van der Waals surface area (Å²) >= 11 is 0. The third kappa shape index (κ3) is 0.913. The first kappa shape index (κ1) is 7.34. The Balaban J connectivity index is 2.15. The van der Waals surface area contributed by atoms with E-state index in [1.54, 1.807) is 12.5 Å². The lowest BCUT2D eigenvalue weighted by Gasteiger charge is -1.89. The van der Waals surface area contributed by atoms with E-state index >= 15 is 0 Å². The number of aromatic nitrogens is 2. The number of hydrogen-bond acceptors (Lipinski definition) is 2. The molecule has 3 atom stereocenters. The molecule has 0 saturated heterocycles. The number of carboxylic acids is 1. The van der Waals surface area contributed by atoms with Crippen LogP contribution in [0.4, 0.5) is 0 Å². The largest absolute Gasteiger partial charge is 0.481 e. The molecule has 4 nitrogen and oxygen atoms in total. The molecule has 0 spiro atoms. The highest BCUT2D eigenvalue weighted by molar-refractivity contribution is 5.75. The number of carbonyl (C=O) groups is 1. The molecule has 1 saturated carbocycles. The lowest BCUT2D eigenvalue weighted by atomic mass is 10.2. The van der Waals surface area contributed by atoms with Gasteiger partial charge < -0.3 is 10.1 Å². The molecule has 1 aliphatic rings. The van der Waals surface area contributed by atoms with Crippen molar-refractivity contribution in [2.45, 2.75) is 12.8 Å². The van der Waals surface area contributed by atoms with Gasteiger partial charge >= 0.3 is 5.97 Å². The second kappa shape index (κ2) is 2.33. The molecule has 0 unspecified atom stereocenters. The topological polar surface area (TPSA) is 66.0 Å². The normalized spacial score (nSPS) is 33.2. The van der Waals surface area contributed by atoms with E-state index in [0.29, 0.717) is 0 Å². The zero-order chi connectivity index (χ0) is 8.72. The fraction of sp³-hybridized carbons (Fsp3) is 0.500. The molecule has 1 aromatic heterocycles. The third-order valence-corrected chi connectivity index (χ3v) is 2.54. The number of carboxylic acid groups (broad SMARTS) is 1. The van der Waals surface area contributed by atoms with Gasteiger partial charge in [-0.25, -0.2) is 4.98 Å². The molecule has 0 aliphatic heterocycles. The van der Waals surface area contributed by atoms with Crippen LogP contribution < -0.4 is 0 Å². The van der Waals surface area contributed by atoms with E-state index in [0.717, 1.165) is 5.69 Å². The van der Waals surface area contributed by atoms with Crippen molar-refractivity contribution in [1.29, 1.82) is 0 Å². The average Bonchev–Trinajstić information content (AvgIpc) is 2.50. The lowest BCUT2D eigenvalue weighted by molar-refractivity contribution is -0.138. The molecule has 4 heteroatoms. The van der Waals surface area contributed by atoms with Crippen molar-refractivity contribution in [1.82, 2.24) is 9.97 Å². The van der Waals surface area contributed by atoms with Crippen LogP contribution in [0.25, 0.3) is 0 Å². The number of aliphatic carboxylic acids is 1. The Morgan fingerprint density at radius 2 is 2.50 bits per heavy atom. The van der Waals surface area contributed by atoms with Gasteiger partial charge in [-0.2, -0.15) is 0 Å². The molecule has 2 rings (SSSR count). The van der Waals surface area contributed by atoms with Gasteiger partial charge in [0.15, 0.2) is 0 Å². The monoisotopic (exact) mass is 166 g/mol. The highest BCUT2D eigenvalue weighted by atomic mass is 16.4. The van der Waals surface area contributed by atoms with Crippen LogP contribution in [0.5, 0.6) is 0 Å². The number of hydrogen-bond donors (Lipinski definition) is 2. The summed E-state index contributed by atoms with van der Waals surface area (Å²) in [5.74, 6) is -0.541. The molecule has 1 fully saturated rings. The van der Waals surface area contributed by atoms with Gasteiger partial charge in [0.05, 0.1) is 12.2 Å². The van der Waals surface area contributed by atoms with Crippen molar-refractivity contribution >= 4 is 5.97 Å². The van der Waals surface area contributed by atoms with Gasteiger partial charge in [0, 0.05) is 17.8 Å². The highest BCUT2D eigenvalue weighted by Gasteiger charge is 2.53. The molecular formula is C8H10N2O2. The summed E-state index contributed by atoms with van der Waals surface area (Å²) in [6.45, 7) is 1.95. The summed E-state index contributed by atoms with van der Waals surface area (Å²) in [4.78, 5) is 17.4. The van der Waals surface area contributed by atoms with Crippen molar-refractivity contribution in [3.63, 3.8) is 0 Å². The van der Waals surface area contributed by atoms with Crippen molar-refractivity contribution in [2.75, 3.05) is 0 Å². The molecule has 0 amide bonds. The van der Waals surface area contributed by atoms with Crippen LogP contribution in [0.15, 0.2) is 12.5 Å². The average molecular weight is 166 g/mol. The minimum atomic E-state index is -0.706. The van der Waals surface area contributed by atoms with Gasteiger partial charge in [-0.1, -0.05) is 6.92 Å². The van der Waals surface area contributed by atoms with Crippen molar-refractivity contribution in [3.05, 3.63) is 18.2 Å². The zero-order valence-corrected chi connectivity index (χ0v) is 6.69. The van der Waals surface area contributed by atoms with Crippen LogP contribution in [-0.4, -0.2) is 21.0 Å². The first-order valence-corrected chi connectivity index (χ1v) is 3.93. The summed E-state index contributed by atoms with van der Waals surface area (Å²) < 4.78 is 0. The number of nitrogens with zero attached hydrogens (tertiary/aromatic N) is 1. The highest BCUT2D eigenvalue weighted by Crippen LogP contribution is 2.52. The number of rotatable bonds is 2. The molecule has 0 aromatic carbocycles. The van der Waals surface area contributed by atoms with Gasteiger partial charge in [0.2, 0.25) is 0 Å². The molecule has 2 N–H and O–H groups in total. The Morgan fingerprint density at radius 3 is 2.92 bits per heavy atom. The number of nitrogens with one attached hydrogen (secondary N) is 1. The van der Waals surface area contributed by atoms with E-state index in [1.807, 2.05) is 6.92 Å². The van der Waals surface area contributed by atoms with Gasteiger partial charge in [-0.15, -0.1) is 0 Å². The van der Waals surface area contributed by atoms with Gasteiger partial charge in [0.25, 0.3) is 0 Å². The fourth-order valence-corrected chi connectivity index (χ4v) is 1.77. The van der Waals surface area contributed by atoms with Crippen LogP contribution in [0.3, 0.4) is 0 Å². The SMILES string of the molecule is C[C@@H]1[C@@H](C(=O)O)[C@H]1c1cnc[nH]1. The fourth-order valence-electron chi connectivity index (χ4n) is 1.77. The van der Waals surface area contributed by atoms with Crippen LogP contribution in [0.1, 0.15) is 18.5 Å². The zero-order valence-electron chi connectivity index (χ0n) is 6.69. The lowest BCUT2D eigenvalue weighted by Crippen LogP contribution is -1.99. The molecule has 64 valence electrons. The molecule has 1 aromatic rings. The Bertz CT molecular complexity index is 294. The van der Waals surface area contributed by atoms with E-state index < -0.39 is 5.97 Å². The predicted molar refractivity (Wildman–Crippen MR) is 41.6 cm³/mol. The van der Waals surface area contributed by atoms with E-state index in [9.17, 15) is 4.79 Å². The van der Waals surface area contributed by atoms with Gasteiger partial charge in [-0.05, 0) is 5.92 Å². The summed E-state index contributed by atoms with van der Waals surface area (Å²) in [5.41, 5.74) is 0.940. The number of H-pyrrole nitrogens is 1. The molecule has 0 bridgehead atoms. The Labute approximate surface area is 69.6 Å². The maximum absolute atomic E-state index is 10.6. The molecule has 0 radical (unpaired) electrons. The standard InChI is InChI=1S/C8H10N2O2/c1-4-6(7(4)8(11)12)5-2-9-3-10-5/h2-4,6-7H,1H3,(H,9,10)(H,11,12)/t4-,6+,7+/m0/s1. The second-order valence-corrected chi connectivity index (χ2v) is 3.26. The van der Waals surface area contributed by atoms with Crippen molar-refractivity contribution in [2.24, 2.45) is 11.8 Å². The van der Waals surface area contributed by atoms with Gasteiger partial charge in [-0.3, -0.25) is 4.79 Å². The minimum absolute atomic E-state index is 0.144. The van der Waals surface area contributed by atoms with Crippen molar-refractivity contribution < 1.29 is 9.90 Å². The van der Waals surface area contributed by atoms with E-state index in [4.69, 9.17) is 5.11 Å².